The molecular weight excluding hydrogens is 314 g/mol. The van der Waals surface area contributed by atoms with E-state index in [0.29, 0.717) is 0 Å². The molecule has 0 aromatic heterocycles. The second-order valence-corrected chi connectivity index (χ2v) is 6.29. The Morgan fingerprint density at radius 2 is 2.00 bits per heavy atom. The lowest BCUT2D eigenvalue weighted by Crippen LogP contribution is -2.14. The van der Waals surface area contributed by atoms with Gasteiger partial charge in [0.05, 0.1) is 6.61 Å². The van der Waals surface area contributed by atoms with E-state index in [9.17, 15) is 0 Å². The first-order valence-electron chi connectivity index (χ1n) is 6.90. The number of hydrogen-bond acceptors (Lipinski definition) is 2. The van der Waals surface area contributed by atoms with Gasteiger partial charge >= 0.3 is 0 Å². The van der Waals surface area contributed by atoms with Crippen LogP contribution in [-0.2, 0) is 12.8 Å². The van der Waals surface area contributed by atoms with Crippen molar-refractivity contribution in [1.82, 2.24) is 0 Å². The van der Waals surface area contributed by atoms with E-state index in [1.54, 1.807) is 0 Å². The van der Waals surface area contributed by atoms with Gasteiger partial charge < -0.3 is 10.5 Å². The van der Waals surface area contributed by atoms with E-state index < -0.39 is 0 Å². The molecule has 0 radical (unpaired) electrons. The second-order valence-electron chi connectivity index (χ2n) is 5.38. The fourth-order valence-electron chi connectivity index (χ4n) is 2.66. The van der Waals surface area contributed by atoms with Crippen LogP contribution in [0.2, 0.25) is 0 Å². The van der Waals surface area contributed by atoms with E-state index in [0.717, 1.165) is 35.2 Å². The molecule has 3 rings (SSSR count). The quantitative estimate of drug-likeness (QED) is 0.924. The van der Waals surface area contributed by atoms with E-state index in [1.807, 2.05) is 0 Å². The van der Waals surface area contributed by atoms with Crippen LogP contribution in [0.1, 0.15) is 28.3 Å². The minimum Gasteiger partial charge on any atom is -0.493 e. The zero-order chi connectivity index (χ0) is 14.1. The smallest absolute Gasteiger partial charge is 0.127 e. The number of hydrogen-bond donors (Lipinski definition) is 1. The molecule has 0 amide bonds. The molecule has 2 aromatic rings. The van der Waals surface area contributed by atoms with Crippen molar-refractivity contribution < 1.29 is 4.74 Å². The van der Waals surface area contributed by atoms with Crippen LogP contribution in [0.5, 0.6) is 5.75 Å². The van der Waals surface area contributed by atoms with Crippen molar-refractivity contribution in [3.05, 3.63) is 63.1 Å². The van der Waals surface area contributed by atoms with Gasteiger partial charge in [0.1, 0.15) is 5.75 Å². The van der Waals surface area contributed by atoms with Crippen LogP contribution in [0.4, 0.5) is 0 Å². The molecule has 1 unspecified atom stereocenters. The molecule has 0 bridgehead atoms. The second kappa shape index (κ2) is 5.58. The first-order valence-corrected chi connectivity index (χ1v) is 7.69. The fraction of sp³-hybridized carbons (Fsp3) is 0.294. The van der Waals surface area contributed by atoms with Gasteiger partial charge in [-0.1, -0.05) is 45.8 Å². The van der Waals surface area contributed by atoms with Gasteiger partial charge in [-0.3, -0.25) is 0 Å². The summed E-state index contributed by atoms with van der Waals surface area (Å²) in [5.41, 5.74) is 11.3. The Morgan fingerprint density at radius 3 is 2.75 bits per heavy atom. The Bertz CT molecular complexity index is 622. The molecule has 104 valence electrons. The average Bonchev–Trinajstić information content (AvgIpc) is 2.88. The highest BCUT2D eigenvalue weighted by Crippen LogP contribution is 2.36. The van der Waals surface area contributed by atoms with Crippen LogP contribution in [-0.4, -0.2) is 6.61 Å². The summed E-state index contributed by atoms with van der Waals surface area (Å²) in [7, 11) is 0. The molecule has 3 heteroatoms. The third-order valence-corrected chi connectivity index (χ3v) is 4.21. The first kappa shape index (κ1) is 13.7. The zero-order valence-electron chi connectivity index (χ0n) is 11.5. The number of ether oxygens (including phenoxy) is 1. The summed E-state index contributed by atoms with van der Waals surface area (Å²) in [5.74, 6) is 0.993. The van der Waals surface area contributed by atoms with Crippen molar-refractivity contribution in [3.8, 4) is 5.75 Å². The van der Waals surface area contributed by atoms with Gasteiger partial charge in [-0.25, -0.2) is 0 Å². The Kier molecular flexibility index (Phi) is 3.81. The van der Waals surface area contributed by atoms with Gasteiger partial charge in [-0.2, -0.15) is 0 Å². The summed E-state index contributed by atoms with van der Waals surface area (Å²) in [5, 5.41) is 0. The highest BCUT2D eigenvalue weighted by Gasteiger charge is 2.21. The molecule has 0 saturated heterocycles. The van der Waals surface area contributed by atoms with Crippen molar-refractivity contribution in [3.63, 3.8) is 0 Å². The third-order valence-electron chi connectivity index (χ3n) is 3.75. The van der Waals surface area contributed by atoms with Crippen LogP contribution >= 0.6 is 15.9 Å². The third kappa shape index (κ3) is 2.74. The van der Waals surface area contributed by atoms with Gasteiger partial charge in [-0.05, 0) is 36.6 Å². The maximum absolute atomic E-state index is 6.41. The molecule has 2 nitrogen and oxygen atoms in total. The molecule has 1 heterocycles. The Labute approximate surface area is 128 Å². The van der Waals surface area contributed by atoms with Gasteiger partial charge in [0.25, 0.3) is 0 Å². The number of benzene rings is 2. The molecule has 0 saturated carbocycles. The van der Waals surface area contributed by atoms with Crippen molar-refractivity contribution in [2.45, 2.75) is 25.8 Å². The lowest BCUT2D eigenvalue weighted by molar-refractivity contribution is 0.351. The van der Waals surface area contributed by atoms with Crippen LogP contribution in [0.25, 0.3) is 0 Å². The van der Waals surface area contributed by atoms with Crippen LogP contribution in [0.15, 0.2) is 40.9 Å². The molecule has 1 aliphatic heterocycles. The molecule has 0 spiro atoms. The lowest BCUT2D eigenvalue weighted by atomic mass is 9.96. The molecule has 1 aliphatic rings. The van der Waals surface area contributed by atoms with Crippen molar-refractivity contribution >= 4 is 15.9 Å². The number of fused-ring (bicyclic) bond motifs is 1. The lowest BCUT2D eigenvalue weighted by Gasteiger charge is -2.16. The minimum absolute atomic E-state index is 0.0398. The van der Waals surface area contributed by atoms with Crippen molar-refractivity contribution in [2.24, 2.45) is 5.73 Å². The largest absolute Gasteiger partial charge is 0.493 e. The maximum Gasteiger partial charge on any atom is 0.127 e. The fourth-order valence-corrected chi connectivity index (χ4v) is 3.18. The zero-order valence-corrected chi connectivity index (χ0v) is 13.1. The first-order chi connectivity index (χ1) is 9.63. The van der Waals surface area contributed by atoms with Gasteiger partial charge in [0.2, 0.25) is 0 Å². The van der Waals surface area contributed by atoms with E-state index in [2.05, 4.69) is 59.3 Å². The summed E-state index contributed by atoms with van der Waals surface area (Å²) in [4.78, 5) is 0. The summed E-state index contributed by atoms with van der Waals surface area (Å²) in [6.07, 6.45) is 1.80. The van der Waals surface area contributed by atoms with E-state index in [-0.39, 0.29) is 6.04 Å². The summed E-state index contributed by atoms with van der Waals surface area (Å²) >= 11 is 3.57. The Morgan fingerprint density at radius 1 is 1.25 bits per heavy atom. The predicted octanol–water partition coefficient (Wildman–Crippen LogP) is 3.93. The number of nitrogens with two attached hydrogens (primary N) is 1. The summed E-state index contributed by atoms with van der Waals surface area (Å²) in [6.45, 7) is 2.86. The SMILES string of the molecule is Cc1ccc(CC(N)c2cc(Br)cc3c2OCC3)cc1. The van der Waals surface area contributed by atoms with E-state index in [1.165, 1.54) is 16.7 Å². The van der Waals surface area contributed by atoms with Crippen molar-refractivity contribution in [2.75, 3.05) is 6.61 Å². The van der Waals surface area contributed by atoms with Gasteiger partial charge in [0.15, 0.2) is 0 Å². The molecule has 1 atom stereocenters. The molecule has 2 N–H and O–H groups in total. The van der Waals surface area contributed by atoms with Crippen LogP contribution in [0, 0.1) is 6.92 Å². The normalized spacial score (nSPS) is 14.8. The summed E-state index contributed by atoms with van der Waals surface area (Å²) in [6, 6.07) is 12.7. The van der Waals surface area contributed by atoms with Gasteiger partial charge in [0, 0.05) is 22.5 Å². The van der Waals surface area contributed by atoms with Crippen LogP contribution < -0.4 is 10.5 Å². The van der Waals surface area contributed by atoms with Crippen LogP contribution in [0.3, 0.4) is 0 Å². The van der Waals surface area contributed by atoms with Crippen molar-refractivity contribution in [1.29, 1.82) is 0 Å². The molecule has 20 heavy (non-hydrogen) atoms. The number of aryl methyl sites for hydroxylation is 1. The Balaban J connectivity index is 1.87. The standard InChI is InChI=1S/C17H18BrNO/c1-11-2-4-12(5-3-11)8-16(19)15-10-14(18)9-13-6-7-20-17(13)15/h2-5,9-10,16H,6-8,19H2,1H3. The highest BCUT2D eigenvalue weighted by molar-refractivity contribution is 9.10. The number of rotatable bonds is 3. The molecular formula is C17H18BrNO. The van der Waals surface area contributed by atoms with E-state index in [4.69, 9.17) is 10.5 Å². The predicted molar refractivity (Wildman–Crippen MR) is 85.2 cm³/mol. The topological polar surface area (TPSA) is 35.2 Å². The highest BCUT2D eigenvalue weighted by atomic mass is 79.9. The minimum atomic E-state index is -0.0398. The maximum atomic E-state index is 6.41. The molecule has 0 fully saturated rings. The monoisotopic (exact) mass is 331 g/mol. The average molecular weight is 332 g/mol. The molecule has 2 aromatic carbocycles. The summed E-state index contributed by atoms with van der Waals surface area (Å²) < 4.78 is 6.84. The Hall–Kier alpha value is -1.32. The van der Waals surface area contributed by atoms with E-state index >= 15 is 0 Å². The number of halogens is 1. The van der Waals surface area contributed by atoms with Gasteiger partial charge in [-0.15, -0.1) is 0 Å². The molecule has 0 aliphatic carbocycles.